The molecule has 1 heterocycles. The zero-order valence-corrected chi connectivity index (χ0v) is 12.0. The highest BCUT2D eigenvalue weighted by Gasteiger charge is 2.18. The summed E-state index contributed by atoms with van der Waals surface area (Å²) in [5.74, 6) is -3.02. The van der Waals surface area contributed by atoms with Crippen molar-refractivity contribution in [2.75, 3.05) is 16.2 Å². The van der Waals surface area contributed by atoms with Gasteiger partial charge in [0.1, 0.15) is 5.82 Å². The highest BCUT2D eigenvalue weighted by molar-refractivity contribution is 7.93. The van der Waals surface area contributed by atoms with E-state index in [4.69, 9.17) is 10.8 Å². The van der Waals surface area contributed by atoms with Crippen LogP contribution in [0.5, 0.6) is 0 Å². The first-order valence-electron chi connectivity index (χ1n) is 5.50. The number of nitrogen functional groups attached to an aromatic ring is 1. The van der Waals surface area contributed by atoms with Crippen molar-refractivity contribution in [1.29, 1.82) is 0 Å². The fraction of sp³-hybridized carbons (Fsp3) is 0.0909. The Hall–Kier alpha value is -2.20. The molecule has 0 bridgehead atoms. The summed E-state index contributed by atoms with van der Waals surface area (Å²) in [6, 6.07) is 3.76. The van der Waals surface area contributed by atoms with E-state index in [1.807, 2.05) is 0 Å². The number of nitrogens with zero attached hydrogens (tertiary/aromatic N) is 1. The molecule has 2 aromatic rings. The Labute approximate surface area is 123 Å². The topological polar surface area (TPSA) is 122 Å². The monoisotopic (exact) mass is 331 g/mol. The molecular formula is C11H10FN3O4S2. The summed E-state index contributed by atoms with van der Waals surface area (Å²) < 4.78 is 38.0. The Morgan fingerprint density at radius 2 is 2.19 bits per heavy atom. The van der Waals surface area contributed by atoms with Crippen molar-refractivity contribution in [2.45, 2.75) is 0 Å². The quantitative estimate of drug-likeness (QED) is 0.711. The van der Waals surface area contributed by atoms with Crippen molar-refractivity contribution in [3.63, 3.8) is 0 Å². The van der Waals surface area contributed by atoms with Crippen LogP contribution in [0.4, 0.5) is 15.2 Å². The molecule has 10 heteroatoms. The number of carboxylic acid groups (broad SMARTS) is 1. The van der Waals surface area contributed by atoms with Gasteiger partial charge in [-0.1, -0.05) is 0 Å². The lowest BCUT2D eigenvalue weighted by Gasteiger charge is -2.03. The number of thiazole rings is 1. The Bertz CT molecular complexity index is 789. The van der Waals surface area contributed by atoms with E-state index in [1.165, 1.54) is 17.5 Å². The second-order valence-electron chi connectivity index (χ2n) is 4.02. The molecule has 7 nitrogen and oxygen atoms in total. The van der Waals surface area contributed by atoms with Gasteiger partial charge in [0.05, 0.1) is 5.69 Å². The van der Waals surface area contributed by atoms with Gasteiger partial charge in [-0.25, -0.2) is 17.8 Å². The van der Waals surface area contributed by atoms with Crippen LogP contribution in [-0.2, 0) is 14.8 Å². The normalized spacial score (nSPS) is 11.3. The SMILES string of the molecule is Nc1cc(F)ccc1-c1csc(NS(=O)(=O)CC(=O)O)n1. The molecule has 2 rings (SSSR count). The molecule has 0 radical (unpaired) electrons. The first-order valence-corrected chi connectivity index (χ1v) is 8.03. The molecule has 112 valence electrons. The number of anilines is 2. The van der Waals surface area contributed by atoms with Gasteiger partial charge in [0.2, 0.25) is 10.0 Å². The lowest BCUT2D eigenvalue weighted by Crippen LogP contribution is -2.22. The van der Waals surface area contributed by atoms with Crippen LogP contribution in [0.1, 0.15) is 0 Å². The number of rotatable bonds is 5. The van der Waals surface area contributed by atoms with Crippen LogP contribution >= 0.6 is 11.3 Å². The number of hydrogen-bond donors (Lipinski definition) is 3. The van der Waals surface area contributed by atoms with Crippen molar-refractivity contribution in [3.05, 3.63) is 29.4 Å². The van der Waals surface area contributed by atoms with Crippen LogP contribution < -0.4 is 10.5 Å². The summed E-state index contributed by atoms with van der Waals surface area (Å²) in [4.78, 5) is 14.4. The summed E-state index contributed by atoms with van der Waals surface area (Å²) in [5, 5.41) is 10.0. The molecule has 0 aliphatic carbocycles. The van der Waals surface area contributed by atoms with Gasteiger partial charge in [0, 0.05) is 16.6 Å². The molecule has 0 fully saturated rings. The number of nitrogens with one attached hydrogen (secondary N) is 1. The first-order chi connectivity index (χ1) is 9.77. The average molecular weight is 331 g/mol. The van der Waals surface area contributed by atoms with E-state index in [9.17, 15) is 17.6 Å². The van der Waals surface area contributed by atoms with Gasteiger partial charge in [-0.2, -0.15) is 0 Å². The van der Waals surface area contributed by atoms with Crippen LogP contribution in [-0.4, -0.2) is 30.2 Å². The summed E-state index contributed by atoms with van der Waals surface area (Å²) in [7, 11) is -4.01. The van der Waals surface area contributed by atoms with E-state index in [0.29, 0.717) is 11.3 Å². The van der Waals surface area contributed by atoms with E-state index in [2.05, 4.69) is 9.71 Å². The smallest absolute Gasteiger partial charge is 0.320 e. The van der Waals surface area contributed by atoms with Crippen LogP contribution in [0.25, 0.3) is 11.3 Å². The Balaban J connectivity index is 2.24. The van der Waals surface area contributed by atoms with Crippen LogP contribution in [0.15, 0.2) is 23.6 Å². The van der Waals surface area contributed by atoms with E-state index >= 15 is 0 Å². The van der Waals surface area contributed by atoms with Gasteiger partial charge in [-0.3, -0.25) is 9.52 Å². The molecule has 1 aromatic heterocycles. The van der Waals surface area contributed by atoms with Crippen LogP contribution in [0.2, 0.25) is 0 Å². The van der Waals surface area contributed by atoms with E-state index in [-0.39, 0.29) is 10.8 Å². The average Bonchev–Trinajstić information content (AvgIpc) is 2.74. The number of aliphatic carboxylic acids is 1. The van der Waals surface area contributed by atoms with Crippen LogP contribution in [0.3, 0.4) is 0 Å². The summed E-state index contributed by atoms with van der Waals surface area (Å²) in [5.41, 5.74) is 6.65. The molecule has 0 aliphatic rings. The highest BCUT2D eigenvalue weighted by atomic mass is 32.2. The molecule has 0 saturated heterocycles. The molecule has 4 N–H and O–H groups in total. The Morgan fingerprint density at radius 3 is 2.81 bits per heavy atom. The van der Waals surface area contributed by atoms with E-state index < -0.39 is 27.6 Å². The van der Waals surface area contributed by atoms with E-state index in [1.54, 1.807) is 0 Å². The number of benzene rings is 1. The number of carboxylic acids is 1. The summed E-state index contributed by atoms with van der Waals surface area (Å²) in [6.07, 6.45) is 0. The third-order valence-electron chi connectivity index (χ3n) is 2.35. The molecule has 0 atom stereocenters. The Kier molecular flexibility index (Phi) is 4.09. The van der Waals surface area contributed by atoms with Crippen molar-refractivity contribution in [2.24, 2.45) is 0 Å². The minimum Gasteiger partial charge on any atom is -0.480 e. The number of aromatic nitrogens is 1. The van der Waals surface area contributed by atoms with Gasteiger partial charge in [0.15, 0.2) is 10.9 Å². The van der Waals surface area contributed by atoms with Crippen molar-refractivity contribution < 1.29 is 22.7 Å². The predicted octanol–water partition coefficient (Wildman–Crippen LogP) is 1.36. The Morgan fingerprint density at radius 1 is 1.48 bits per heavy atom. The van der Waals surface area contributed by atoms with Gasteiger partial charge in [-0.15, -0.1) is 11.3 Å². The van der Waals surface area contributed by atoms with Gasteiger partial charge >= 0.3 is 5.97 Å². The minimum absolute atomic E-state index is 0.00924. The molecule has 0 saturated carbocycles. The summed E-state index contributed by atoms with van der Waals surface area (Å²) >= 11 is 0.968. The molecule has 0 spiro atoms. The first kappa shape index (κ1) is 15.2. The number of carbonyl (C=O) groups is 1. The van der Waals surface area contributed by atoms with Crippen molar-refractivity contribution in [3.8, 4) is 11.3 Å². The molecule has 0 aliphatic heterocycles. The van der Waals surface area contributed by atoms with Gasteiger partial charge < -0.3 is 10.8 Å². The zero-order valence-electron chi connectivity index (χ0n) is 10.4. The number of hydrogen-bond acceptors (Lipinski definition) is 6. The second kappa shape index (κ2) is 5.66. The lowest BCUT2D eigenvalue weighted by atomic mass is 10.1. The predicted molar refractivity (Wildman–Crippen MR) is 77.0 cm³/mol. The molecule has 21 heavy (non-hydrogen) atoms. The fourth-order valence-electron chi connectivity index (χ4n) is 1.54. The number of sulfonamides is 1. The van der Waals surface area contributed by atoms with Crippen molar-refractivity contribution >= 4 is 38.1 Å². The van der Waals surface area contributed by atoms with Gasteiger partial charge in [0.25, 0.3) is 0 Å². The summed E-state index contributed by atoms with van der Waals surface area (Å²) in [6.45, 7) is 0. The van der Waals surface area contributed by atoms with Crippen molar-refractivity contribution in [1.82, 2.24) is 4.98 Å². The number of halogens is 1. The van der Waals surface area contributed by atoms with Gasteiger partial charge in [-0.05, 0) is 18.2 Å². The molecule has 0 unspecified atom stereocenters. The maximum atomic E-state index is 13.0. The third kappa shape index (κ3) is 3.89. The second-order valence-corrected chi connectivity index (χ2v) is 6.60. The minimum atomic E-state index is -4.01. The van der Waals surface area contributed by atoms with Crippen LogP contribution in [0, 0.1) is 5.82 Å². The molecular weight excluding hydrogens is 321 g/mol. The fourth-order valence-corrected chi connectivity index (χ4v) is 3.38. The zero-order chi connectivity index (χ0) is 15.6. The molecule has 0 amide bonds. The maximum absolute atomic E-state index is 13.0. The number of nitrogens with two attached hydrogens (primary N) is 1. The maximum Gasteiger partial charge on any atom is 0.320 e. The largest absolute Gasteiger partial charge is 0.480 e. The molecule has 1 aromatic carbocycles. The standard InChI is InChI=1S/C11H10FN3O4S2/c12-6-1-2-7(8(13)3-6)9-4-20-11(14-9)15-21(18,19)5-10(16)17/h1-4H,5,13H2,(H,14,15)(H,16,17). The highest BCUT2D eigenvalue weighted by Crippen LogP contribution is 2.29. The third-order valence-corrected chi connectivity index (χ3v) is 4.37. The van der Waals surface area contributed by atoms with E-state index in [0.717, 1.165) is 17.4 Å². The lowest BCUT2D eigenvalue weighted by molar-refractivity contribution is -0.134.